The third-order valence-corrected chi connectivity index (χ3v) is 8.39. The van der Waals surface area contributed by atoms with Gasteiger partial charge in [0.2, 0.25) is 16.9 Å². The predicted molar refractivity (Wildman–Crippen MR) is 164 cm³/mol. The molecule has 5 rings (SSSR count). The van der Waals surface area contributed by atoms with Crippen LogP contribution in [0.3, 0.4) is 0 Å². The number of hydrogen-bond acceptors (Lipinski definition) is 6. The number of carbonyl (C=O) groups excluding carboxylic acids is 3. The van der Waals surface area contributed by atoms with Gasteiger partial charge in [-0.15, -0.1) is 10.2 Å². The lowest BCUT2D eigenvalue weighted by molar-refractivity contribution is -0.137. The molecule has 11 heteroatoms. The fraction of sp³-hybridized carbons (Fsp3) is 0.258. The number of nitrogens with zero attached hydrogens (tertiary/aromatic N) is 4. The van der Waals surface area contributed by atoms with Crippen molar-refractivity contribution in [3.05, 3.63) is 83.0 Å². The molecular formula is C31H29ClFN5O3S. The van der Waals surface area contributed by atoms with Crippen molar-refractivity contribution in [3.63, 3.8) is 0 Å². The maximum absolute atomic E-state index is 14.6. The standard InChI is InChI=1S/C31H29ClFN5O3S/c1-4-8-19(5-2)20-11-12-26-23(13-20)24(18(3)39)16-37(26)17-28(40)38-15-21(33)14-27(38)29(41)34-31-36-35-30(42-31)22-9-6-7-10-25(22)32/h4-13,16,21,27H,14-15,17H2,1-3H3,(H,34,36,41)/b8-4-,19-5+/t21-,27+/m1/s1. The smallest absolute Gasteiger partial charge is 0.249 e. The van der Waals surface area contributed by atoms with Gasteiger partial charge in [-0.1, -0.05) is 65.4 Å². The van der Waals surface area contributed by atoms with E-state index in [1.54, 1.807) is 29.0 Å². The number of ketones is 1. The molecule has 1 fully saturated rings. The van der Waals surface area contributed by atoms with Crippen LogP contribution in [0.2, 0.25) is 5.02 Å². The highest BCUT2D eigenvalue weighted by molar-refractivity contribution is 7.18. The van der Waals surface area contributed by atoms with E-state index in [0.29, 0.717) is 26.7 Å². The van der Waals surface area contributed by atoms with Crippen molar-refractivity contribution in [1.29, 1.82) is 0 Å². The zero-order valence-corrected chi connectivity index (χ0v) is 24.9. The molecule has 0 aliphatic carbocycles. The number of rotatable bonds is 8. The first-order valence-corrected chi connectivity index (χ1v) is 14.7. The lowest BCUT2D eigenvalue weighted by Crippen LogP contribution is -2.44. The summed E-state index contributed by atoms with van der Waals surface area (Å²) in [6.45, 7) is 5.01. The molecule has 0 saturated carbocycles. The summed E-state index contributed by atoms with van der Waals surface area (Å²) in [5.41, 5.74) is 3.82. The van der Waals surface area contributed by atoms with E-state index in [9.17, 15) is 18.8 Å². The Balaban J connectivity index is 1.36. The molecular weight excluding hydrogens is 577 g/mol. The Hall–Kier alpha value is -4.15. The molecule has 1 aliphatic rings. The maximum Gasteiger partial charge on any atom is 0.249 e. The first kappa shape index (κ1) is 29.3. The van der Waals surface area contributed by atoms with Crippen molar-refractivity contribution in [2.24, 2.45) is 0 Å². The molecule has 0 spiro atoms. The summed E-state index contributed by atoms with van der Waals surface area (Å²) in [7, 11) is 0. The van der Waals surface area contributed by atoms with E-state index in [-0.39, 0.29) is 30.4 Å². The van der Waals surface area contributed by atoms with Gasteiger partial charge in [-0.2, -0.15) is 0 Å². The molecule has 1 N–H and O–H groups in total. The van der Waals surface area contributed by atoms with Gasteiger partial charge in [0.05, 0.1) is 11.6 Å². The summed E-state index contributed by atoms with van der Waals surface area (Å²) in [4.78, 5) is 40.5. The fourth-order valence-electron chi connectivity index (χ4n) is 5.18. The van der Waals surface area contributed by atoms with Gasteiger partial charge in [0.25, 0.3) is 0 Å². The van der Waals surface area contributed by atoms with Crippen LogP contribution in [0.5, 0.6) is 0 Å². The molecule has 3 heterocycles. The van der Waals surface area contributed by atoms with Gasteiger partial charge in [-0.05, 0) is 50.1 Å². The quantitative estimate of drug-likeness (QED) is 0.181. The maximum atomic E-state index is 14.6. The van der Waals surface area contributed by atoms with E-state index >= 15 is 0 Å². The number of benzene rings is 2. The molecule has 2 aromatic heterocycles. The first-order valence-electron chi connectivity index (χ1n) is 13.5. The van der Waals surface area contributed by atoms with Gasteiger partial charge in [-0.25, -0.2) is 4.39 Å². The Morgan fingerprint density at radius 1 is 1.17 bits per heavy atom. The molecule has 4 aromatic rings. The average molecular weight is 606 g/mol. The van der Waals surface area contributed by atoms with Crippen LogP contribution in [0, 0.1) is 0 Å². The molecule has 1 saturated heterocycles. The van der Waals surface area contributed by atoms with E-state index in [2.05, 4.69) is 15.5 Å². The summed E-state index contributed by atoms with van der Waals surface area (Å²) in [5.74, 6) is -1.10. The number of carbonyl (C=O) groups is 3. The number of hydrogen-bond donors (Lipinski definition) is 1. The zero-order valence-electron chi connectivity index (χ0n) is 23.3. The summed E-state index contributed by atoms with van der Waals surface area (Å²) >= 11 is 7.38. The van der Waals surface area contributed by atoms with Crippen molar-refractivity contribution >= 4 is 62.1 Å². The minimum atomic E-state index is -1.35. The number of halogens is 2. The number of allylic oxidation sites excluding steroid dienone is 4. The fourth-order valence-corrected chi connectivity index (χ4v) is 6.25. The van der Waals surface area contributed by atoms with Crippen molar-refractivity contribution in [3.8, 4) is 10.6 Å². The normalized spacial score (nSPS) is 17.4. The van der Waals surface area contributed by atoms with Crippen LogP contribution in [0.25, 0.3) is 27.0 Å². The number of alkyl halides is 1. The topological polar surface area (TPSA) is 97.2 Å². The minimum absolute atomic E-state index is 0.126. The van der Waals surface area contributed by atoms with E-state index in [4.69, 9.17) is 11.6 Å². The van der Waals surface area contributed by atoms with Crippen LogP contribution < -0.4 is 5.32 Å². The van der Waals surface area contributed by atoms with E-state index in [1.165, 1.54) is 11.8 Å². The van der Waals surface area contributed by atoms with Crippen LogP contribution in [0.1, 0.15) is 43.1 Å². The van der Waals surface area contributed by atoms with E-state index in [0.717, 1.165) is 27.9 Å². The summed E-state index contributed by atoms with van der Waals surface area (Å²) in [6, 6.07) is 11.9. The van der Waals surface area contributed by atoms with Gasteiger partial charge in [0.15, 0.2) is 10.8 Å². The molecule has 2 aromatic carbocycles. The zero-order chi connectivity index (χ0) is 30.0. The Morgan fingerprint density at radius 3 is 2.67 bits per heavy atom. The highest BCUT2D eigenvalue weighted by Gasteiger charge is 2.40. The Labute approximate surface area is 251 Å². The highest BCUT2D eigenvalue weighted by atomic mass is 35.5. The number of likely N-dealkylation sites (tertiary alicyclic amines) is 1. The predicted octanol–water partition coefficient (Wildman–Crippen LogP) is 6.57. The Kier molecular flexibility index (Phi) is 8.65. The second-order valence-electron chi connectivity index (χ2n) is 9.98. The Morgan fingerprint density at radius 2 is 1.95 bits per heavy atom. The monoisotopic (exact) mass is 605 g/mol. The number of anilines is 1. The largest absolute Gasteiger partial charge is 0.337 e. The number of amides is 2. The SMILES string of the molecule is C/C=C\C(=C/C)c1ccc2c(c1)c(C(C)=O)cn2CC(=O)N1C[C@H](F)C[C@H]1C(=O)Nc1nnc(-c2ccccc2Cl)s1. The third kappa shape index (κ3) is 5.91. The van der Waals surface area contributed by atoms with Crippen LogP contribution in [0.15, 0.2) is 66.9 Å². The summed E-state index contributed by atoms with van der Waals surface area (Å²) in [5, 5.41) is 12.8. The highest BCUT2D eigenvalue weighted by Crippen LogP contribution is 2.33. The van der Waals surface area contributed by atoms with Crippen molar-refractivity contribution in [2.75, 3.05) is 11.9 Å². The van der Waals surface area contributed by atoms with Crippen molar-refractivity contribution < 1.29 is 18.8 Å². The molecule has 0 radical (unpaired) electrons. The van der Waals surface area contributed by atoms with Gasteiger partial charge < -0.3 is 9.47 Å². The molecule has 1 aliphatic heterocycles. The molecule has 216 valence electrons. The molecule has 2 amide bonds. The number of fused-ring (bicyclic) bond motifs is 1. The second kappa shape index (κ2) is 12.4. The van der Waals surface area contributed by atoms with Gasteiger partial charge in [0, 0.05) is 34.6 Å². The third-order valence-electron chi connectivity index (χ3n) is 7.19. The van der Waals surface area contributed by atoms with E-state index in [1.807, 2.05) is 56.3 Å². The average Bonchev–Trinajstić information content (AvgIpc) is 3.69. The number of nitrogens with one attached hydrogen (secondary N) is 1. The molecule has 42 heavy (non-hydrogen) atoms. The minimum Gasteiger partial charge on any atom is -0.337 e. The van der Waals surface area contributed by atoms with Crippen molar-refractivity contribution in [2.45, 2.75) is 46.0 Å². The Bertz CT molecular complexity index is 1740. The molecule has 0 unspecified atom stereocenters. The van der Waals surface area contributed by atoms with E-state index < -0.39 is 24.0 Å². The summed E-state index contributed by atoms with van der Waals surface area (Å²) < 4.78 is 16.3. The van der Waals surface area contributed by atoms with Crippen LogP contribution in [0.4, 0.5) is 9.52 Å². The first-order chi connectivity index (χ1) is 20.2. The summed E-state index contributed by atoms with van der Waals surface area (Å²) in [6.07, 6.45) is 6.09. The lowest BCUT2D eigenvalue weighted by Gasteiger charge is -2.23. The number of aromatic nitrogens is 3. The molecule has 0 bridgehead atoms. The number of Topliss-reactive ketones (excluding diaryl/α,β-unsaturated/α-hetero) is 1. The van der Waals surface area contributed by atoms with Gasteiger partial charge in [-0.3, -0.25) is 19.7 Å². The van der Waals surface area contributed by atoms with Gasteiger partial charge >= 0.3 is 0 Å². The van der Waals surface area contributed by atoms with Crippen LogP contribution >= 0.6 is 22.9 Å². The van der Waals surface area contributed by atoms with Crippen LogP contribution in [-0.4, -0.2) is 56.0 Å². The lowest BCUT2D eigenvalue weighted by atomic mass is 10.0. The second-order valence-corrected chi connectivity index (χ2v) is 11.4. The van der Waals surface area contributed by atoms with Crippen molar-refractivity contribution in [1.82, 2.24) is 19.7 Å². The molecule has 8 nitrogen and oxygen atoms in total. The van der Waals surface area contributed by atoms with Crippen LogP contribution in [-0.2, 0) is 16.1 Å². The van der Waals surface area contributed by atoms with Gasteiger partial charge in [0.1, 0.15) is 18.8 Å². The molecule has 2 atom stereocenters.